The van der Waals surface area contributed by atoms with E-state index >= 15 is 0 Å². The van der Waals surface area contributed by atoms with Crippen LogP contribution in [0.2, 0.25) is 0 Å². The summed E-state index contributed by atoms with van der Waals surface area (Å²) in [6.45, 7) is 1.86. The Bertz CT molecular complexity index is 776. The molecule has 2 amide bonds. The van der Waals surface area contributed by atoms with Gasteiger partial charge in [-0.2, -0.15) is 5.10 Å². The number of anilines is 1. The maximum atomic E-state index is 12.3. The van der Waals surface area contributed by atoms with Gasteiger partial charge in [0.25, 0.3) is 5.91 Å². The molecule has 1 saturated carbocycles. The van der Waals surface area contributed by atoms with E-state index in [1.54, 1.807) is 35.6 Å². The van der Waals surface area contributed by atoms with Crippen LogP contribution in [0.5, 0.6) is 0 Å². The summed E-state index contributed by atoms with van der Waals surface area (Å²) in [6.07, 6.45) is 5.41. The third-order valence-corrected chi connectivity index (χ3v) is 5.57. The number of amides is 2. The Morgan fingerprint density at radius 1 is 1.08 bits per heavy atom. The quantitative estimate of drug-likeness (QED) is 0.605. The van der Waals surface area contributed by atoms with Crippen molar-refractivity contribution >= 4 is 34.6 Å². The van der Waals surface area contributed by atoms with Gasteiger partial charge in [-0.25, -0.2) is 5.43 Å². The molecule has 2 N–H and O–H groups in total. The highest BCUT2D eigenvalue weighted by molar-refractivity contribution is 7.12. The Balaban J connectivity index is 1.55. The summed E-state index contributed by atoms with van der Waals surface area (Å²) in [6, 6.07) is 10.8. The van der Waals surface area contributed by atoms with Gasteiger partial charge in [0.05, 0.1) is 5.71 Å². The molecule has 1 aliphatic carbocycles. The molecule has 0 radical (unpaired) electrons. The molecule has 1 aromatic heterocycles. The number of hydrogen-bond acceptors (Lipinski definition) is 4. The van der Waals surface area contributed by atoms with Gasteiger partial charge in [-0.1, -0.05) is 25.3 Å². The fraction of sp³-hybridized carbons (Fsp3) is 0.350. The van der Waals surface area contributed by atoms with E-state index < -0.39 is 0 Å². The van der Waals surface area contributed by atoms with Crippen LogP contribution in [0.15, 0.2) is 46.9 Å². The van der Waals surface area contributed by atoms with Gasteiger partial charge in [0.15, 0.2) is 0 Å². The molecule has 0 saturated heterocycles. The van der Waals surface area contributed by atoms with Crippen LogP contribution in [0, 0.1) is 5.92 Å². The van der Waals surface area contributed by atoms with Crippen molar-refractivity contribution in [2.75, 3.05) is 5.32 Å². The fourth-order valence-corrected chi connectivity index (χ4v) is 3.73. The summed E-state index contributed by atoms with van der Waals surface area (Å²) in [4.78, 5) is 25.5. The molecule has 1 aromatic carbocycles. The van der Waals surface area contributed by atoms with E-state index in [1.807, 2.05) is 24.4 Å². The minimum absolute atomic E-state index is 0.0816. The molecule has 0 unspecified atom stereocenters. The Morgan fingerprint density at radius 2 is 1.81 bits per heavy atom. The predicted molar refractivity (Wildman–Crippen MR) is 106 cm³/mol. The molecule has 0 aliphatic heterocycles. The van der Waals surface area contributed by atoms with Gasteiger partial charge in [0.1, 0.15) is 0 Å². The highest BCUT2D eigenvalue weighted by Crippen LogP contribution is 2.25. The number of nitrogens with zero attached hydrogens (tertiary/aromatic N) is 1. The smallest absolute Gasteiger partial charge is 0.271 e. The molecular weight excluding hydrogens is 346 g/mol. The van der Waals surface area contributed by atoms with Crippen LogP contribution < -0.4 is 10.7 Å². The minimum Gasteiger partial charge on any atom is -0.326 e. The Morgan fingerprint density at radius 3 is 2.46 bits per heavy atom. The van der Waals surface area contributed by atoms with Crippen molar-refractivity contribution in [3.8, 4) is 0 Å². The van der Waals surface area contributed by atoms with Crippen LogP contribution in [-0.2, 0) is 4.79 Å². The summed E-state index contributed by atoms with van der Waals surface area (Å²) in [5.41, 5.74) is 4.56. The minimum atomic E-state index is -0.272. The normalized spacial score (nSPS) is 15.5. The maximum Gasteiger partial charge on any atom is 0.271 e. The van der Waals surface area contributed by atoms with E-state index in [2.05, 4.69) is 15.8 Å². The van der Waals surface area contributed by atoms with Crippen molar-refractivity contribution in [3.05, 3.63) is 52.2 Å². The molecule has 0 atom stereocenters. The topological polar surface area (TPSA) is 70.6 Å². The zero-order valence-corrected chi connectivity index (χ0v) is 15.6. The molecule has 0 bridgehead atoms. The van der Waals surface area contributed by atoms with Gasteiger partial charge in [0.2, 0.25) is 5.91 Å². The van der Waals surface area contributed by atoms with E-state index in [0.29, 0.717) is 5.56 Å². The summed E-state index contributed by atoms with van der Waals surface area (Å²) in [7, 11) is 0. The number of hydrazone groups is 1. The first-order chi connectivity index (χ1) is 12.6. The van der Waals surface area contributed by atoms with E-state index in [1.165, 1.54) is 6.42 Å². The third kappa shape index (κ3) is 4.79. The van der Waals surface area contributed by atoms with Crippen molar-refractivity contribution in [2.45, 2.75) is 39.0 Å². The summed E-state index contributed by atoms with van der Waals surface area (Å²) >= 11 is 1.58. The largest absolute Gasteiger partial charge is 0.326 e. The van der Waals surface area contributed by atoms with Gasteiger partial charge < -0.3 is 5.32 Å². The van der Waals surface area contributed by atoms with Crippen LogP contribution in [0.1, 0.15) is 54.3 Å². The zero-order valence-electron chi connectivity index (χ0n) is 14.8. The predicted octanol–water partition coefficient (Wildman–Crippen LogP) is 4.42. The second kappa shape index (κ2) is 8.76. The average molecular weight is 369 g/mol. The van der Waals surface area contributed by atoms with Gasteiger partial charge in [-0.15, -0.1) is 11.3 Å². The van der Waals surface area contributed by atoms with Crippen molar-refractivity contribution in [1.29, 1.82) is 0 Å². The highest BCUT2D eigenvalue weighted by Gasteiger charge is 2.21. The molecular formula is C20H23N3O2S. The highest BCUT2D eigenvalue weighted by atomic mass is 32.1. The molecule has 6 heteroatoms. The molecule has 26 heavy (non-hydrogen) atoms. The Labute approximate surface area is 157 Å². The standard InChI is InChI=1S/C20H23N3O2S/c1-14(18-8-5-13-26-18)22-23-20(25)16-9-11-17(12-10-16)21-19(24)15-6-3-2-4-7-15/h5,8-13,15H,2-4,6-7H2,1H3,(H,21,24)(H,23,25). The molecule has 0 spiro atoms. The first-order valence-corrected chi connectivity index (χ1v) is 9.81. The van der Waals surface area contributed by atoms with Crippen LogP contribution in [0.3, 0.4) is 0 Å². The molecule has 5 nitrogen and oxygen atoms in total. The molecule has 136 valence electrons. The number of thiophene rings is 1. The van der Waals surface area contributed by atoms with Gasteiger partial charge in [-0.3, -0.25) is 9.59 Å². The van der Waals surface area contributed by atoms with Gasteiger partial charge in [0, 0.05) is 22.0 Å². The second-order valence-corrected chi connectivity index (χ2v) is 7.46. The first-order valence-electron chi connectivity index (χ1n) is 8.93. The zero-order chi connectivity index (χ0) is 18.4. The lowest BCUT2D eigenvalue weighted by Crippen LogP contribution is -2.24. The van der Waals surface area contributed by atoms with Gasteiger partial charge in [-0.05, 0) is 55.5 Å². The number of hydrogen-bond donors (Lipinski definition) is 2. The van der Waals surface area contributed by atoms with Crippen molar-refractivity contribution in [3.63, 3.8) is 0 Å². The van der Waals surface area contributed by atoms with Crippen molar-refractivity contribution in [2.24, 2.45) is 11.0 Å². The maximum absolute atomic E-state index is 12.3. The van der Waals surface area contributed by atoms with Crippen LogP contribution in [0.4, 0.5) is 5.69 Å². The lowest BCUT2D eigenvalue weighted by molar-refractivity contribution is -0.120. The summed E-state index contributed by atoms with van der Waals surface area (Å²) < 4.78 is 0. The fourth-order valence-electron chi connectivity index (χ4n) is 3.05. The van der Waals surface area contributed by atoms with E-state index in [4.69, 9.17) is 0 Å². The van der Waals surface area contributed by atoms with E-state index in [-0.39, 0.29) is 17.7 Å². The van der Waals surface area contributed by atoms with Crippen LogP contribution in [0.25, 0.3) is 0 Å². The van der Waals surface area contributed by atoms with Crippen LogP contribution >= 0.6 is 11.3 Å². The SMILES string of the molecule is CC(=NNC(=O)c1ccc(NC(=O)C2CCCCC2)cc1)c1cccs1. The first kappa shape index (κ1) is 18.3. The number of carbonyl (C=O) groups is 2. The van der Waals surface area contributed by atoms with Crippen molar-refractivity contribution in [1.82, 2.24) is 5.43 Å². The Hall–Kier alpha value is -2.47. The molecule has 1 heterocycles. The molecule has 2 aromatic rings. The lowest BCUT2D eigenvalue weighted by Gasteiger charge is -2.20. The summed E-state index contributed by atoms with van der Waals surface area (Å²) in [5.74, 6) is -0.0783. The van der Waals surface area contributed by atoms with E-state index in [0.717, 1.165) is 42.0 Å². The molecule has 3 rings (SSSR count). The summed E-state index contributed by atoms with van der Waals surface area (Å²) in [5, 5.41) is 9.05. The number of nitrogens with one attached hydrogen (secondary N) is 2. The van der Waals surface area contributed by atoms with E-state index in [9.17, 15) is 9.59 Å². The number of carbonyl (C=O) groups excluding carboxylic acids is 2. The second-order valence-electron chi connectivity index (χ2n) is 6.52. The molecule has 1 fully saturated rings. The van der Waals surface area contributed by atoms with Gasteiger partial charge >= 0.3 is 0 Å². The van der Waals surface area contributed by atoms with Crippen molar-refractivity contribution < 1.29 is 9.59 Å². The Kier molecular flexibility index (Phi) is 6.17. The lowest BCUT2D eigenvalue weighted by atomic mass is 9.88. The number of rotatable bonds is 5. The van der Waals surface area contributed by atoms with Crippen LogP contribution in [-0.4, -0.2) is 17.5 Å². The monoisotopic (exact) mass is 369 g/mol. The third-order valence-electron chi connectivity index (χ3n) is 4.59. The molecule has 1 aliphatic rings. The number of benzene rings is 1. The average Bonchev–Trinajstić information content (AvgIpc) is 3.22.